The third-order valence-corrected chi connectivity index (χ3v) is 5.66. The van der Waals surface area contributed by atoms with E-state index in [2.05, 4.69) is 29.0 Å². The number of aromatic nitrogens is 2. The fraction of sp³-hybridized carbons (Fsp3) is 0.400. The summed E-state index contributed by atoms with van der Waals surface area (Å²) in [5, 5.41) is 3.79. The lowest BCUT2D eigenvalue weighted by molar-refractivity contribution is 0.0935. The van der Waals surface area contributed by atoms with E-state index in [1.807, 2.05) is 49.4 Å². The molecule has 0 saturated heterocycles. The zero-order valence-corrected chi connectivity index (χ0v) is 18.7. The van der Waals surface area contributed by atoms with Gasteiger partial charge in [0, 0.05) is 17.6 Å². The molecule has 0 radical (unpaired) electrons. The Hall–Kier alpha value is -2.99. The summed E-state index contributed by atoms with van der Waals surface area (Å²) in [6.45, 7) is 9.75. The molecule has 1 N–H and O–H groups in total. The van der Waals surface area contributed by atoms with E-state index in [0.29, 0.717) is 12.2 Å². The van der Waals surface area contributed by atoms with Crippen LogP contribution in [0.2, 0.25) is 0 Å². The minimum atomic E-state index is -0.326. The van der Waals surface area contributed by atoms with Gasteiger partial charge in [-0.05, 0) is 63.2 Å². The number of rotatable bonds is 10. The van der Waals surface area contributed by atoms with Crippen LogP contribution < -0.4 is 10.9 Å². The van der Waals surface area contributed by atoms with Gasteiger partial charge in [-0.2, -0.15) is 0 Å². The monoisotopic (exact) mass is 420 g/mol. The van der Waals surface area contributed by atoms with Crippen molar-refractivity contribution in [3.63, 3.8) is 0 Å². The molecule has 1 unspecified atom stereocenters. The number of amides is 1. The van der Waals surface area contributed by atoms with Gasteiger partial charge < -0.3 is 10.2 Å². The molecule has 2 heterocycles. The van der Waals surface area contributed by atoms with Crippen LogP contribution in [0.25, 0.3) is 11.0 Å². The lowest BCUT2D eigenvalue weighted by atomic mass is 10.1. The average Bonchev–Trinajstić information content (AvgIpc) is 2.79. The lowest BCUT2D eigenvalue weighted by Crippen LogP contribution is -2.38. The molecule has 0 fully saturated rings. The first-order chi connectivity index (χ1) is 15.0. The van der Waals surface area contributed by atoms with Crippen LogP contribution in [0.1, 0.15) is 49.5 Å². The third-order valence-electron chi connectivity index (χ3n) is 5.66. The first-order valence-corrected chi connectivity index (χ1v) is 11.1. The zero-order valence-electron chi connectivity index (χ0n) is 18.7. The fourth-order valence-electron chi connectivity index (χ4n) is 3.82. The number of fused-ring (bicyclic) bond motifs is 1. The summed E-state index contributed by atoms with van der Waals surface area (Å²) in [4.78, 5) is 33.0. The Kier molecular flexibility index (Phi) is 7.95. The van der Waals surface area contributed by atoms with Gasteiger partial charge in [0.25, 0.3) is 11.5 Å². The van der Waals surface area contributed by atoms with E-state index in [1.54, 1.807) is 16.8 Å². The van der Waals surface area contributed by atoms with Crippen molar-refractivity contribution in [3.8, 4) is 0 Å². The average molecular weight is 421 g/mol. The van der Waals surface area contributed by atoms with Crippen LogP contribution in [-0.2, 0) is 6.54 Å². The molecule has 6 nitrogen and oxygen atoms in total. The topological polar surface area (TPSA) is 67.2 Å². The molecule has 0 aliphatic carbocycles. The van der Waals surface area contributed by atoms with Gasteiger partial charge in [-0.3, -0.25) is 14.2 Å². The molecule has 6 heteroatoms. The smallest absolute Gasteiger partial charge is 0.265 e. The second-order valence-corrected chi connectivity index (χ2v) is 7.89. The highest BCUT2D eigenvalue weighted by Gasteiger charge is 2.18. The molecule has 3 rings (SSSR count). The van der Waals surface area contributed by atoms with E-state index < -0.39 is 0 Å². The molecular formula is C25H32N4O2. The number of benzene rings is 1. The summed E-state index contributed by atoms with van der Waals surface area (Å²) < 4.78 is 1.59. The molecule has 2 aromatic heterocycles. The van der Waals surface area contributed by atoms with Crippen molar-refractivity contribution in [2.24, 2.45) is 0 Å². The number of pyridine rings is 2. The maximum Gasteiger partial charge on any atom is 0.265 e. The van der Waals surface area contributed by atoms with E-state index in [0.717, 1.165) is 43.4 Å². The molecule has 3 aromatic rings. The van der Waals surface area contributed by atoms with Gasteiger partial charge in [0.2, 0.25) is 0 Å². The van der Waals surface area contributed by atoms with Gasteiger partial charge in [0.15, 0.2) is 0 Å². The van der Waals surface area contributed by atoms with Crippen molar-refractivity contribution in [2.75, 3.05) is 19.6 Å². The molecule has 0 aliphatic rings. The van der Waals surface area contributed by atoms with E-state index in [1.165, 1.54) is 0 Å². The van der Waals surface area contributed by atoms with Crippen molar-refractivity contribution < 1.29 is 4.79 Å². The minimum Gasteiger partial charge on any atom is -0.349 e. The Balaban J connectivity index is 1.80. The Morgan fingerprint density at radius 1 is 1.13 bits per heavy atom. The molecule has 0 spiro atoms. The molecule has 1 atom stereocenters. The summed E-state index contributed by atoms with van der Waals surface area (Å²) in [7, 11) is 0. The van der Waals surface area contributed by atoms with Crippen LogP contribution in [0.5, 0.6) is 0 Å². The summed E-state index contributed by atoms with van der Waals surface area (Å²) in [6.07, 6.45) is 3.54. The molecule has 0 bridgehead atoms. The number of nitrogens with zero attached hydrogens (tertiary/aromatic N) is 3. The predicted octanol–water partition coefficient (Wildman–Crippen LogP) is 3.69. The molecule has 31 heavy (non-hydrogen) atoms. The highest BCUT2D eigenvalue weighted by atomic mass is 16.2. The third kappa shape index (κ3) is 5.79. The largest absolute Gasteiger partial charge is 0.349 e. The molecular weight excluding hydrogens is 388 g/mol. The van der Waals surface area contributed by atoms with Crippen molar-refractivity contribution >= 4 is 16.9 Å². The summed E-state index contributed by atoms with van der Waals surface area (Å²) >= 11 is 0. The highest BCUT2D eigenvalue weighted by molar-refractivity contribution is 5.97. The Bertz CT molecular complexity index is 1060. The van der Waals surface area contributed by atoms with Gasteiger partial charge in [0.05, 0.1) is 6.54 Å². The molecule has 164 valence electrons. The van der Waals surface area contributed by atoms with E-state index in [9.17, 15) is 9.59 Å². The van der Waals surface area contributed by atoms with E-state index >= 15 is 0 Å². The summed E-state index contributed by atoms with van der Waals surface area (Å²) in [5.74, 6) is -0.326. The highest BCUT2D eigenvalue weighted by Crippen LogP contribution is 2.13. The van der Waals surface area contributed by atoms with E-state index in [-0.39, 0.29) is 23.1 Å². The van der Waals surface area contributed by atoms with Crippen LogP contribution in [0.4, 0.5) is 0 Å². The maximum absolute atomic E-state index is 13.2. The van der Waals surface area contributed by atoms with Crippen LogP contribution in [0.15, 0.2) is 59.5 Å². The first-order valence-electron chi connectivity index (χ1n) is 11.1. The summed E-state index contributed by atoms with van der Waals surface area (Å²) in [6, 6.07) is 15.1. The second-order valence-electron chi connectivity index (χ2n) is 7.89. The molecule has 0 aliphatic heterocycles. The van der Waals surface area contributed by atoms with Crippen molar-refractivity contribution in [3.05, 3.63) is 76.2 Å². The molecule has 0 saturated carbocycles. The SMILES string of the molecule is CCN(CC)CCCC(C)NC(=O)c1cc2cccnc2n(Cc2ccccc2)c1=O. The fourth-order valence-corrected chi connectivity index (χ4v) is 3.82. The number of hydrogen-bond acceptors (Lipinski definition) is 4. The summed E-state index contributed by atoms with van der Waals surface area (Å²) in [5.41, 5.74) is 1.41. The Morgan fingerprint density at radius 3 is 2.58 bits per heavy atom. The second kappa shape index (κ2) is 10.9. The van der Waals surface area contributed by atoms with Crippen LogP contribution in [0.3, 0.4) is 0 Å². The van der Waals surface area contributed by atoms with Crippen LogP contribution in [0, 0.1) is 0 Å². The maximum atomic E-state index is 13.2. The van der Waals surface area contributed by atoms with Gasteiger partial charge in [-0.25, -0.2) is 4.98 Å². The van der Waals surface area contributed by atoms with Gasteiger partial charge in [0.1, 0.15) is 11.2 Å². The van der Waals surface area contributed by atoms with Crippen molar-refractivity contribution in [2.45, 2.75) is 46.2 Å². The number of hydrogen-bond donors (Lipinski definition) is 1. The number of nitrogens with one attached hydrogen (secondary N) is 1. The van der Waals surface area contributed by atoms with Crippen LogP contribution >= 0.6 is 0 Å². The Morgan fingerprint density at radius 2 is 1.87 bits per heavy atom. The van der Waals surface area contributed by atoms with Gasteiger partial charge in [-0.1, -0.05) is 44.2 Å². The number of carbonyl (C=O) groups is 1. The first kappa shape index (κ1) is 22.7. The van der Waals surface area contributed by atoms with Crippen molar-refractivity contribution in [1.29, 1.82) is 0 Å². The Labute approximate surface area is 183 Å². The van der Waals surface area contributed by atoms with Crippen LogP contribution in [-0.4, -0.2) is 46.0 Å². The standard InChI is InChI=1S/C25H32N4O2/c1-4-28(5-2)16-10-11-19(3)27-24(30)22-17-21-14-9-15-26-23(21)29(25(22)31)18-20-12-7-6-8-13-20/h6-9,12-15,17,19H,4-5,10-11,16,18H2,1-3H3,(H,27,30). The number of carbonyl (C=O) groups excluding carboxylic acids is 1. The lowest BCUT2D eigenvalue weighted by Gasteiger charge is -2.20. The molecule has 1 amide bonds. The van der Waals surface area contributed by atoms with Gasteiger partial charge >= 0.3 is 0 Å². The van der Waals surface area contributed by atoms with Crippen molar-refractivity contribution in [1.82, 2.24) is 19.8 Å². The van der Waals surface area contributed by atoms with E-state index in [4.69, 9.17) is 0 Å². The van der Waals surface area contributed by atoms with Gasteiger partial charge in [-0.15, -0.1) is 0 Å². The normalized spacial score (nSPS) is 12.3. The predicted molar refractivity (Wildman–Crippen MR) is 125 cm³/mol. The quantitative estimate of drug-likeness (QED) is 0.543. The molecule has 1 aromatic carbocycles. The zero-order chi connectivity index (χ0) is 22.2. The minimum absolute atomic E-state index is 0.00497.